The van der Waals surface area contributed by atoms with E-state index in [1.807, 2.05) is 6.92 Å². The average molecular weight is 182 g/mol. The van der Waals surface area contributed by atoms with Crippen molar-refractivity contribution < 1.29 is 10.2 Å². The van der Waals surface area contributed by atoms with E-state index in [9.17, 15) is 10.2 Å². The number of pyridine rings is 1. The highest BCUT2D eigenvalue weighted by molar-refractivity contribution is 5.19. The molecule has 1 aromatic heterocycles. The Morgan fingerprint density at radius 1 is 1.46 bits per heavy atom. The van der Waals surface area contributed by atoms with Crippen LogP contribution in [0.2, 0.25) is 0 Å². The Morgan fingerprint density at radius 3 is 2.69 bits per heavy atom. The van der Waals surface area contributed by atoms with Crippen molar-refractivity contribution in [3.8, 4) is 0 Å². The van der Waals surface area contributed by atoms with Crippen LogP contribution < -0.4 is 5.73 Å². The molecule has 0 amide bonds. The van der Waals surface area contributed by atoms with Gasteiger partial charge in [-0.05, 0) is 12.5 Å². The number of aliphatic hydroxyl groups excluding tert-OH is 2. The van der Waals surface area contributed by atoms with Gasteiger partial charge in [-0.2, -0.15) is 0 Å². The molecule has 72 valence electrons. The lowest BCUT2D eigenvalue weighted by Gasteiger charge is -2.15. The van der Waals surface area contributed by atoms with Gasteiger partial charge in [-0.1, -0.05) is 6.07 Å². The molecule has 0 radical (unpaired) electrons. The third-order valence-corrected chi connectivity index (χ3v) is 1.84. The normalized spacial score (nSPS) is 15.4. The van der Waals surface area contributed by atoms with Crippen molar-refractivity contribution in [1.82, 2.24) is 4.98 Å². The van der Waals surface area contributed by atoms with Crippen LogP contribution >= 0.6 is 0 Å². The molecule has 0 aliphatic rings. The second kappa shape index (κ2) is 4.32. The van der Waals surface area contributed by atoms with Crippen LogP contribution in [0.3, 0.4) is 0 Å². The van der Waals surface area contributed by atoms with E-state index >= 15 is 0 Å². The van der Waals surface area contributed by atoms with Crippen LogP contribution in [0, 0.1) is 6.92 Å². The van der Waals surface area contributed by atoms with Crippen LogP contribution in [0.4, 0.5) is 0 Å². The summed E-state index contributed by atoms with van der Waals surface area (Å²) in [7, 11) is 0. The van der Waals surface area contributed by atoms with Crippen molar-refractivity contribution >= 4 is 0 Å². The summed E-state index contributed by atoms with van der Waals surface area (Å²) < 4.78 is 0. The zero-order valence-electron chi connectivity index (χ0n) is 7.51. The van der Waals surface area contributed by atoms with E-state index in [0.29, 0.717) is 5.56 Å². The van der Waals surface area contributed by atoms with Gasteiger partial charge in [0.15, 0.2) is 0 Å². The molecule has 2 unspecified atom stereocenters. The van der Waals surface area contributed by atoms with Gasteiger partial charge in [0.05, 0.1) is 6.10 Å². The molecule has 1 heterocycles. The molecule has 0 spiro atoms. The smallest absolute Gasteiger partial charge is 0.108 e. The first kappa shape index (κ1) is 10.1. The SMILES string of the molecule is Cc1cncc(C(O)C(O)CN)c1. The van der Waals surface area contributed by atoms with Gasteiger partial charge in [-0.3, -0.25) is 4.98 Å². The molecule has 13 heavy (non-hydrogen) atoms. The monoisotopic (exact) mass is 182 g/mol. The lowest BCUT2D eigenvalue weighted by molar-refractivity contribution is 0.0241. The van der Waals surface area contributed by atoms with E-state index in [-0.39, 0.29) is 6.54 Å². The summed E-state index contributed by atoms with van der Waals surface area (Å²) in [5.74, 6) is 0. The molecule has 1 rings (SSSR count). The van der Waals surface area contributed by atoms with Crippen LogP contribution in [-0.4, -0.2) is 27.8 Å². The number of aliphatic hydroxyl groups is 2. The number of aromatic nitrogens is 1. The van der Waals surface area contributed by atoms with Gasteiger partial charge in [-0.15, -0.1) is 0 Å². The summed E-state index contributed by atoms with van der Waals surface area (Å²) in [6.07, 6.45) is 1.34. The predicted molar refractivity (Wildman–Crippen MR) is 49.0 cm³/mol. The minimum Gasteiger partial charge on any atom is -0.389 e. The summed E-state index contributed by atoms with van der Waals surface area (Å²) in [4.78, 5) is 3.91. The average Bonchev–Trinajstić information content (AvgIpc) is 2.15. The molecule has 1 aromatic rings. The summed E-state index contributed by atoms with van der Waals surface area (Å²) in [6, 6.07) is 1.77. The first-order valence-electron chi connectivity index (χ1n) is 4.13. The molecule has 2 atom stereocenters. The Hall–Kier alpha value is -0.970. The van der Waals surface area contributed by atoms with Gasteiger partial charge in [-0.25, -0.2) is 0 Å². The van der Waals surface area contributed by atoms with Crippen LogP contribution in [0.1, 0.15) is 17.2 Å². The van der Waals surface area contributed by atoms with Crippen LogP contribution in [0.5, 0.6) is 0 Å². The minimum atomic E-state index is -0.947. The first-order chi connectivity index (χ1) is 6.15. The van der Waals surface area contributed by atoms with Gasteiger partial charge < -0.3 is 15.9 Å². The van der Waals surface area contributed by atoms with E-state index in [4.69, 9.17) is 5.73 Å². The molecule has 4 N–H and O–H groups in total. The molecule has 0 saturated heterocycles. The molecule has 0 bridgehead atoms. The third-order valence-electron chi connectivity index (χ3n) is 1.84. The Kier molecular flexibility index (Phi) is 3.36. The van der Waals surface area contributed by atoms with Crippen molar-refractivity contribution in [2.24, 2.45) is 5.73 Å². The maximum absolute atomic E-state index is 9.54. The van der Waals surface area contributed by atoms with E-state index < -0.39 is 12.2 Å². The van der Waals surface area contributed by atoms with Gasteiger partial charge in [0, 0.05) is 24.5 Å². The van der Waals surface area contributed by atoms with Crippen molar-refractivity contribution in [3.05, 3.63) is 29.6 Å². The number of hydrogen-bond acceptors (Lipinski definition) is 4. The number of nitrogens with two attached hydrogens (primary N) is 1. The van der Waals surface area contributed by atoms with Crippen molar-refractivity contribution in [2.45, 2.75) is 19.1 Å². The summed E-state index contributed by atoms with van der Waals surface area (Å²) >= 11 is 0. The predicted octanol–water partition coefficient (Wildman–Crippen LogP) is -0.257. The number of hydrogen-bond donors (Lipinski definition) is 3. The fraction of sp³-hybridized carbons (Fsp3) is 0.444. The number of aryl methyl sites for hydroxylation is 1. The van der Waals surface area contributed by atoms with Crippen molar-refractivity contribution in [3.63, 3.8) is 0 Å². The lowest BCUT2D eigenvalue weighted by Crippen LogP contribution is -2.27. The second-order valence-electron chi connectivity index (χ2n) is 3.04. The maximum atomic E-state index is 9.54. The standard InChI is InChI=1S/C9H14N2O2/c1-6-2-7(5-11-4-6)9(13)8(12)3-10/h2,4-5,8-9,12-13H,3,10H2,1H3. The van der Waals surface area contributed by atoms with Gasteiger partial charge in [0.25, 0.3) is 0 Å². The van der Waals surface area contributed by atoms with Crippen molar-refractivity contribution in [1.29, 1.82) is 0 Å². The topological polar surface area (TPSA) is 79.4 Å². The first-order valence-corrected chi connectivity index (χ1v) is 4.13. The Labute approximate surface area is 77.0 Å². The summed E-state index contributed by atoms with van der Waals surface area (Å²) in [5.41, 5.74) is 6.76. The summed E-state index contributed by atoms with van der Waals surface area (Å²) in [5, 5.41) is 18.8. The van der Waals surface area contributed by atoms with Gasteiger partial charge >= 0.3 is 0 Å². The number of rotatable bonds is 3. The zero-order chi connectivity index (χ0) is 9.84. The number of nitrogens with zero attached hydrogens (tertiary/aromatic N) is 1. The molecule has 0 fully saturated rings. The van der Waals surface area contributed by atoms with E-state index in [0.717, 1.165) is 5.56 Å². The molecular weight excluding hydrogens is 168 g/mol. The van der Waals surface area contributed by atoms with Crippen LogP contribution in [-0.2, 0) is 0 Å². The highest BCUT2D eigenvalue weighted by atomic mass is 16.3. The second-order valence-corrected chi connectivity index (χ2v) is 3.04. The fourth-order valence-corrected chi connectivity index (χ4v) is 1.09. The molecule has 4 nitrogen and oxygen atoms in total. The van der Waals surface area contributed by atoms with E-state index in [2.05, 4.69) is 4.98 Å². The lowest BCUT2D eigenvalue weighted by atomic mass is 10.1. The quantitative estimate of drug-likeness (QED) is 0.602. The Balaban J connectivity index is 2.82. The fourth-order valence-electron chi connectivity index (χ4n) is 1.09. The third kappa shape index (κ3) is 2.48. The largest absolute Gasteiger partial charge is 0.389 e. The van der Waals surface area contributed by atoms with Gasteiger partial charge in [0.1, 0.15) is 6.10 Å². The Morgan fingerprint density at radius 2 is 2.15 bits per heavy atom. The van der Waals surface area contributed by atoms with Crippen molar-refractivity contribution in [2.75, 3.05) is 6.54 Å². The molecule has 4 heteroatoms. The maximum Gasteiger partial charge on any atom is 0.108 e. The van der Waals surface area contributed by atoms with Crippen LogP contribution in [0.25, 0.3) is 0 Å². The minimum absolute atomic E-state index is 0.0368. The molecule has 0 aliphatic carbocycles. The van der Waals surface area contributed by atoms with Crippen LogP contribution in [0.15, 0.2) is 18.5 Å². The van der Waals surface area contributed by atoms with E-state index in [1.165, 1.54) is 6.20 Å². The van der Waals surface area contributed by atoms with E-state index in [1.54, 1.807) is 12.3 Å². The highest BCUT2D eigenvalue weighted by Gasteiger charge is 2.16. The molecule has 0 aromatic carbocycles. The summed E-state index contributed by atoms with van der Waals surface area (Å²) in [6.45, 7) is 1.91. The molecular formula is C9H14N2O2. The highest BCUT2D eigenvalue weighted by Crippen LogP contribution is 2.15. The molecule has 0 saturated carbocycles. The van der Waals surface area contributed by atoms with Gasteiger partial charge in [0.2, 0.25) is 0 Å². The molecule has 0 aliphatic heterocycles. The Bertz CT molecular complexity index is 278. The zero-order valence-corrected chi connectivity index (χ0v) is 7.51.